The molecular formula is C18H21IN2O. The van der Waals surface area contributed by atoms with Gasteiger partial charge in [-0.2, -0.15) is 0 Å². The van der Waals surface area contributed by atoms with Gasteiger partial charge in [0.05, 0.1) is 0 Å². The normalized spacial score (nSPS) is 19.5. The van der Waals surface area contributed by atoms with Crippen LogP contribution in [-0.2, 0) is 0 Å². The highest BCUT2D eigenvalue weighted by atomic mass is 127. The lowest BCUT2D eigenvalue weighted by molar-refractivity contribution is -0.780. The van der Waals surface area contributed by atoms with Crippen LogP contribution in [0.2, 0.25) is 0 Å². The fourth-order valence-corrected chi connectivity index (χ4v) is 3.26. The van der Waals surface area contributed by atoms with Gasteiger partial charge in [0.1, 0.15) is 11.4 Å². The van der Waals surface area contributed by atoms with E-state index in [0.717, 1.165) is 12.1 Å². The van der Waals surface area contributed by atoms with E-state index in [4.69, 9.17) is 0 Å². The number of anilines is 1. The Morgan fingerprint density at radius 1 is 1.18 bits per heavy atom. The molecule has 1 heterocycles. The molecule has 2 aromatic carbocycles. The van der Waals surface area contributed by atoms with Gasteiger partial charge in [0.25, 0.3) is 0 Å². The number of benzene rings is 2. The van der Waals surface area contributed by atoms with E-state index >= 15 is 0 Å². The number of ketones is 1. The van der Waals surface area contributed by atoms with Crippen molar-refractivity contribution >= 4 is 22.8 Å². The highest BCUT2D eigenvalue weighted by Crippen LogP contribution is 2.32. The molecule has 1 aliphatic heterocycles. The number of halogens is 1. The summed E-state index contributed by atoms with van der Waals surface area (Å²) < 4.78 is 0. The number of Topliss-reactive ketones (excluding diaryl/α,β-unsaturated/α-hetero) is 1. The second kappa shape index (κ2) is 6.79. The third-order valence-corrected chi connectivity index (χ3v) is 4.31. The number of carbonyl (C=O) groups is 1. The van der Waals surface area contributed by atoms with E-state index in [-0.39, 0.29) is 29.8 Å². The topological polar surface area (TPSA) is 24.8 Å². The van der Waals surface area contributed by atoms with Crippen LogP contribution in [0.4, 0.5) is 17.1 Å². The number of nitrogens with zero attached hydrogens (tertiary/aromatic N) is 1. The van der Waals surface area contributed by atoms with Gasteiger partial charge < -0.3 is 28.9 Å². The summed E-state index contributed by atoms with van der Waals surface area (Å²) in [6, 6.07) is 16.6. The Bertz CT molecular complexity index is 672. The molecule has 116 valence electrons. The Morgan fingerprint density at radius 2 is 1.86 bits per heavy atom. The van der Waals surface area contributed by atoms with Crippen molar-refractivity contribution in [3.05, 3.63) is 54.1 Å². The molecule has 3 nitrogen and oxygen atoms in total. The van der Waals surface area contributed by atoms with E-state index in [9.17, 15) is 4.79 Å². The van der Waals surface area contributed by atoms with Crippen LogP contribution in [0, 0.1) is 0 Å². The molecule has 0 spiro atoms. The number of nitrogens with one attached hydrogen (secondary N) is 1. The van der Waals surface area contributed by atoms with Crippen LogP contribution in [0.15, 0.2) is 48.5 Å². The van der Waals surface area contributed by atoms with Gasteiger partial charge in [-0.1, -0.05) is 18.2 Å². The fraction of sp³-hybridized carbons (Fsp3) is 0.278. The third kappa shape index (κ3) is 2.77. The molecular weight excluding hydrogens is 387 g/mol. The van der Waals surface area contributed by atoms with Crippen molar-refractivity contribution in [1.29, 1.82) is 0 Å². The van der Waals surface area contributed by atoms with Gasteiger partial charge in [-0.15, -0.1) is 0 Å². The van der Waals surface area contributed by atoms with Crippen LogP contribution in [-0.4, -0.2) is 18.5 Å². The van der Waals surface area contributed by atoms with Crippen LogP contribution in [0.3, 0.4) is 0 Å². The minimum absolute atomic E-state index is 0. The molecule has 4 heteroatoms. The van der Waals surface area contributed by atoms with E-state index in [0.29, 0.717) is 6.17 Å². The van der Waals surface area contributed by atoms with Gasteiger partial charge in [0.2, 0.25) is 0 Å². The Kier molecular flexibility index (Phi) is 5.24. The lowest BCUT2D eigenvalue weighted by atomic mass is 10.1. The van der Waals surface area contributed by atoms with Crippen LogP contribution in [0.1, 0.15) is 31.1 Å². The summed E-state index contributed by atoms with van der Waals surface area (Å²) in [5.41, 5.74) is 4.48. The SMILES string of the molecule is CCN1c2cc(C(C)=O)ccc2[NH+](c2ccccc2)C1C.[I-]. The molecule has 1 N–H and O–H groups in total. The highest BCUT2D eigenvalue weighted by Gasteiger charge is 2.38. The minimum Gasteiger partial charge on any atom is -1.00 e. The minimum atomic E-state index is 0. The maximum absolute atomic E-state index is 11.6. The van der Waals surface area contributed by atoms with Crippen molar-refractivity contribution in [3.8, 4) is 0 Å². The largest absolute Gasteiger partial charge is 1.00 e. The smallest absolute Gasteiger partial charge is 0.169 e. The molecule has 0 amide bonds. The van der Waals surface area contributed by atoms with Gasteiger partial charge >= 0.3 is 0 Å². The summed E-state index contributed by atoms with van der Waals surface area (Å²) in [4.78, 5) is 15.4. The molecule has 0 bridgehead atoms. The second-order valence-electron chi connectivity index (χ2n) is 5.53. The first-order valence-electron chi connectivity index (χ1n) is 7.47. The molecule has 3 rings (SSSR count). The number of quaternary nitrogens is 1. The van der Waals surface area contributed by atoms with Crippen LogP contribution < -0.4 is 33.8 Å². The van der Waals surface area contributed by atoms with E-state index in [1.54, 1.807) is 6.92 Å². The van der Waals surface area contributed by atoms with Gasteiger partial charge in [-0.25, -0.2) is 4.90 Å². The lowest BCUT2D eigenvalue weighted by Crippen LogP contribution is -3.06. The molecule has 2 atom stereocenters. The van der Waals surface area contributed by atoms with Crippen LogP contribution in [0.25, 0.3) is 0 Å². The Labute approximate surface area is 148 Å². The quantitative estimate of drug-likeness (QED) is 0.568. The van der Waals surface area contributed by atoms with Crippen molar-refractivity contribution < 1.29 is 33.7 Å². The molecule has 0 radical (unpaired) electrons. The maximum atomic E-state index is 11.6. The maximum Gasteiger partial charge on any atom is 0.169 e. The van der Waals surface area contributed by atoms with Crippen molar-refractivity contribution in [2.45, 2.75) is 26.9 Å². The number of para-hydroxylation sites is 1. The monoisotopic (exact) mass is 408 g/mol. The first kappa shape index (κ1) is 17.0. The first-order chi connectivity index (χ1) is 10.1. The molecule has 0 aliphatic carbocycles. The second-order valence-corrected chi connectivity index (χ2v) is 5.53. The van der Waals surface area contributed by atoms with Gasteiger partial charge in [0.15, 0.2) is 17.6 Å². The highest BCUT2D eigenvalue weighted by molar-refractivity contribution is 5.96. The number of hydrogen-bond donors (Lipinski definition) is 1. The zero-order valence-electron chi connectivity index (χ0n) is 13.1. The Balaban J connectivity index is 0.00000176. The molecule has 0 saturated carbocycles. The Hall–Kier alpha value is -1.40. The molecule has 0 aromatic heterocycles. The van der Waals surface area contributed by atoms with E-state index in [1.165, 1.54) is 22.0 Å². The average Bonchev–Trinajstić information content (AvgIpc) is 2.78. The van der Waals surface area contributed by atoms with Gasteiger partial charge in [-0.3, -0.25) is 4.79 Å². The summed E-state index contributed by atoms with van der Waals surface area (Å²) in [6.07, 6.45) is 0.328. The zero-order chi connectivity index (χ0) is 15.0. The van der Waals surface area contributed by atoms with Crippen LogP contribution in [0.5, 0.6) is 0 Å². The van der Waals surface area contributed by atoms with Crippen molar-refractivity contribution in [3.63, 3.8) is 0 Å². The summed E-state index contributed by atoms with van der Waals surface area (Å²) in [7, 11) is 0. The molecule has 22 heavy (non-hydrogen) atoms. The van der Waals surface area contributed by atoms with Crippen molar-refractivity contribution in [1.82, 2.24) is 0 Å². The summed E-state index contributed by atoms with van der Waals surface area (Å²) in [5.74, 6) is 0.120. The number of rotatable bonds is 3. The van der Waals surface area contributed by atoms with Crippen LogP contribution >= 0.6 is 0 Å². The molecule has 2 aromatic rings. The predicted octanol–water partition coefficient (Wildman–Crippen LogP) is -0.0728. The van der Waals surface area contributed by atoms with E-state index < -0.39 is 0 Å². The van der Waals surface area contributed by atoms with Gasteiger partial charge in [-0.05, 0) is 38.1 Å². The molecule has 0 saturated heterocycles. The number of carbonyl (C=O) groups excluding carboxylic acids is 1. The third-order valence-electron chi connectivity index (χ3n) is 4.31. The predicted molar refractivity (Wildman–Crippen MR) is 85.7 cm³/mol. The standard InChI is InChI=1S/C18H20N2O.HI/c1-4-19-14(3)20(16-8-6-5-7-9-16)17-11-10-15(13(2)21)12-18(17)19;/h5-12,14H,4H2,1-3H3;1H. The molecule has 0 fully saturated rings. The molecule has 2 unspecified atom stereocenters. The van der Waals surface area contributed by atoms with E-state index in [1.807, 2.05) is 18.2 Å². The number of hydrogen-bond acceptors (Lipinski definition) is 2. The van der Waals surface area contributed by atoms with Gasteiger partial charge in [0, 0.05) is 25.1 Å². The Morgan fingerprint density at radius 3 is 2.45 bits per heavy atom. The summed E-state index contributed by atoms with van der Waals surface area (Å²) >= 11 is 0. The van der Waals surface area contributed by atoms with Crippen molar-refractivity contribution in [2.75, 3.05) is 11.4 Å². The van der Waals surface area contributed by atoms with Crippen molar-refractivity contribution in [2.24, 2.45) is 0 Å². The fourth-order valence-electron chi connectivity index (χ4n) is 3.26. The molecule has 1 aliphatic rings. The average molecular weight is 408 g/mol. The summed E-state index contributed by atoms with van der Waals surface area (Å²) in [5, 5.41) is 0. The summed E-state index contributed by atoms with van der Waals surface area (Å²) in [6.45, 7) is 6.96. The first-order valence-corrected chi connectivity index (χ1v) is 7.47. The van der Waals surface area contributed by atoms with E-state index in [2.05, 4.69) is 49.1 Å². The lowest BCUT2D eigenvalue weighted by Gasteiger charge is -2.24. The number of fused-ring (bicyclic) bond motifs is 1. The zero-order valence-corrected chi connectivity index (χ0v) is 15.3.